The largest absolute Gasteiger partial charge is 0.394 e. The lowest BCUT2D eigenvalue weighted by molar-refractivity contribution is -0.124. The van der Waals surface area contributed by atoms with E-state index in [2.05, 4.69) is 31.3 Å². The first kappa shape index (κ1) is 42.8. The minimum atomic E-state index is -0.927. The van der Waals surface area contributed by atoms with Gasteiger partial charge in [0.2, 0.25) is 5.91 Å². The fourth-order valence-corrected chi connectivity index (χ4v) is 5.74. The van der Waals surface area contributed by atoms with Crippen LogP contribution in [0, 0.1) is 0 Å². The maximum atomic E-state index is 12.4. The Morgan fingerprint density at radius 3 is 1.39 bits per heavy atom. The summed E-state index contributed by atoms with van der Waals surface area (Å²) in [5, 5.41) is 33.0. The van der Waals surface area contributed by atoms with E-state index in [1.165, 1.54) is 128 Å². The van der Waals surface area contributed by atoms with E-state index in [1.807, 2.05) is 6.08 Å². The normalized spacial score (nSPS) is 14.0. The molecule has 44 heavy (non-hydrogen) atoms. The maximum absolute atomic E-state index is 12.4. The van der Waals surface area contributed by atoms with Crippen molar-refractivity contribution in [2.45, 2.75) is 212 Å². The number of unbranched alkanes of at least 4 members (excludes halogenated alkanes) is 23. The minimum Gasteiger partial charge on any atom is -0.394 e. The van der Waals surface area contributed by atoms with Gasteiger partial charge in [0.05, 0.1) is 31.3 Å². The van der Waals surface area contributed by atoms with Crippen molar-refractivity contribution < 1.29 is 20.1 Å². The van der Waals surface area contributed by atoms with Crippen molar-refractivity contribution in [3.63, 3.8) is 0 Å². The third-order valence-corrected chi connectivity index (χ3v) is 8.73. The van der Waals surface area contributed by atoms with Gasteiger partial charge in [-0.05, 0) is 44.9 Å². The van der Waals surface area contributed by atoms with Crippen molar-refractivity contribution in [2.75, 3.05) is 6.61 Å². The fourth-order valence-electron chi connectivity index (χ4n) is 5.74. The average Bonchev–Trinajstić information content (AvgIpc) is 3.01. The molecular weight excluding hydrogens is 546 g/mol. The number of rotatable bonds is 34. The van der Waals surface area contributed by atoms with Crippen LogP contribution in [0.3, 0.4) is 0 Å². The Morgan fingerprint density at radius 1 is 0.568 bits per heavy atom. The van der Waals surface area contributed by atoms with Gasteiger partial charge < -0.3 is 20.6 Å². The number of hydrogen-bond donors (Lipinski definition) is 4. The molecule has 5 nitrogen and oxygen atoms in total. The number of hydrogen-bond acceptors (Lipinski definition) is 4. The molecule has 0 aromatic carbocycles. The van der Waals surface area contributed by atoms with Crippen LogP contribution in [0.25, 0.3) is 0 Å². The summed E-state index contributed by atoms with van der Waals surface area (Å²) in [6.45, 7) is 4.19. The van der Waals surface area contributed by atoms with Crippen LogP contribution >= 0.6 is 0 Å². The van der Waals surface area contributed by atoms with E-state index >= 15 is 0 Å². The Bertz CT molecular complexity index is 650. The molecule has 0 rings (SSSR count). The summed E-state index contributed by atoms with van der Waals surface area (Å²) in [6, 6.07) is -0.743. The van der Waals surface area contributed by atoms with Crippen molar-refractivity contribution in [2.24, 2.45) is 0 Å². The highest BCUT2D eigenvalue weighted by Crippen LogP contribution is 2.14. The van der Waals surface area contributed by atoms with Crippen molar-refractivity contribution in [3.8, 4) is 0 Å². The summed E-state index contributed by atoms with van der Waals surface area (Å²) in [7, 11) is 0. The van der Waals surface area contributed by atoms with Crippen LogP contribution in [-0.2, 0) is 4.79 Å². The molecule has 1 amide bonds. The van der Waals surface area contributed by atoms with Crippen molar-refractivity contribution in [1.82, 2.24) is 5.32 Å². The lowest BCUT2D eigenvalue weighted by Crippen LogP contribution is -2.45. The summed E-state index contributed by atoms with van der Waals surface area (Å²) < 4.78 is 0. The van der Waals surface area contributed by atoms with Gasteiger partial charge in [-0.25, -0.2) is 0 Å². The third kappa shape index (κ3) is 30.8. The molecule has 0 aliphatic heterocycles. The van der Waals surface area contributed by atoms with Gasteiger partial charge >= 0.3 is 0 Å². The molecule has 0 saturated heterocycles. The van der Waals surface area contributed by atoms with E-state index < -0.39 is 18.2 Å². The van der Waals surface area contributed by atoms with Gasteiger partial charge in [-0.15, -0.1) is 0 Å². The van der Waals surface area contributed by atoms with Crippen LogP contribution in [0.5, 0.6) is 0 Å². The fraction of sp³-hybridized carbons (Fsp3) is 0.872. The van der Waals surface area contributed by atoms with E-state index in [1.54, 1.807) is 6.08 Å². The molecule has 3 atom stereocenters. The number of nitrogens with one attached hydrogen (secondary N) is 1. The lowest BCUT2D eigenvalue weighted by Gasteiger charge is -2.21. The van der Waals surface area contributed by atoms with Gasteiger partial charge in [0.15, 0.2) is 0 Å². The number of amides is 1. The molecule has 0 aromatic rings. The van der Waals surface area contributed by atoms with Crippen LogP contribution in [0.2, 0.25) is 0 Å². The highest BCUT2D eigenvalue weighted by atomic mass is 16.3. The second-order valence-corrected chi connectivity index (χ2v) is 13.2. The van der Waals surface area contributed by atoms with E-state index in [4.69, 9.17) is 0 Å². The number of aliphatic hydroxyl groups excluding tert-OH is 3. The molecular formula is C39H75NO4. The predicted molar refractivity (Wildman–Crippen MR) is 190 cm³/mol. The Balaban J connectivity index is 3.72. The maximum Gasteiger partial charge on any atom is 0.222 e. The summed E-state index contributed by atoms with van der Waals surface area (Å²) in [5.74, 6) is -0.322. The van der Waals surface area contributed by atoms with Gasteiger partial charge in [-0.1, -0.05) is 167 Å². The van der Waals surface area contributed by atoms with Crippen molar-refractivity contribution in [1.29, 1.82) is 0 Å². The van der Waals surface area contributed by atoms with Crippen LogP contribution in [-0.4, -0.2) is 46.1 Å². The Kier molecular flexibility index (Phi) is 33.8. The number of aliphatic hydroxyl groups is 3. The molecule has 0 radical (unpaired) electrons. The summed E-state index contributed by atoms with van der Waals surface area (Å²) >= 11 is 0. The highest BCUT2D eigenvalue weighted by Gasteiger charge is 2.20. The summed E-state index contributed by atoms with van der Waals surface area (Å²) in [6.07, 6.45) is 40.2. The zero-order valence-electron chi connectivity index (χ0n) is 29.3. The van der Waals surface area contributed by atoms with E-state index in [-0.39, 0.29) is 18.9 Å². The first-order valence-electron chi connectivity index (χ1n) is 19.1. The van der Waals surface area contributed by atoms with E-state index in [0.717, 1.165) is 38.5 Å². The van der Waals surface area contributed by atoms with Crippen LogP contribution in [0.4, 0.5) is 0 Å². The van der Waals surface area contributed by atoms with E-state index in [0.29, 0.717) is 6.42 Å². The van der Waals surface area contributed by atoms with Crippen molar-refractivity contribution >= 4 is 5.91 Å². The number of allylic oxidation sites excluding steroid dienone is 3. The first-order chi connectivity index (χ1) is 21.5. The molecule has 0 aromatic heterocycles. The minimum absolute atomic E-state index is 0.00912. The molecule has 0 aliphatic rings. The first-order valence-corrected chi connectivity index (χ1v) is 19.1. The van der Waals surface area contributed by atoms with Gasteiger partial charge in [0.25, 0.3) is 0 Å². The van der Waals surface area contributed by atoms with Crippen molar-refractivity contribution in [3.05, 3.63) is 24.3 Å². The van der Waals surface area contributed by atoms with Gasteiger partial charge in [0, 0.05) is 0 Å². The zero-order valence-corrected chi connectivity index (χ0v) is 29.3. The molecule has 0 bridgehead atoms. The Labute approximate surface area is 273 Å². The summed E-state index contributed by atoms with van der Waals surface area (Å²) in [4.78, 5) is 12.4. The van der Waals surface area contributed by atoms with Gasteiger partial charge in [-0.3, -0.25) is 4.79 Å². The highest BCUT2D eigenvalue weighted by molar-refractivity contribution is 5.76. The predicted octanol–water partition coefficient (Wildman–Crippen LogP) is 10.3. The Morgan fingerprint density at radius 2 is 0.955 bits per heavy atom. The average molecular weight is 622 g/mol. The SMILES string of the molecule is CCCCCCCCCC/C=C\CCCCCCCC(O)CC(=O)NC(CO)C(O)/C=C/CCCCCCCCCCCC. The molecule has 3 unspecified atom stereocenters. The van der Waals surface area contributed by atoms with E-state index in [9.17, 15) is 20.1 Å². The Hall–Kier alpha value is -1.17. The second kappa shape index (κ2) is 34.7. The third-order valence-electron chi connectivity index (χ3n) is 8.73. The topological polar surface area (TPSA) is 89.8 Å². The quantitative estimate of drug-likeness (QED) is 0.0425. The molecule has 4 N–H and O–H groups in total. The molecule has 0 heterocycles. The molecule has 0 fully saturated rings. The number of carbonyl (C=O) groups excluding carboxylic acids is 1. The molecule has 5 heteroatoms. The van der Waals surface area contributed by atoms with Crippen LogP contribution in [0.15, 0.2) is 24.3 Å². The second-order valence-electron chi connectivity index (χ2n) is 13.2. The molecule has 0 aliphatic carbocycles. The van der Waals surface area contributed by atoms with Gasteiger partial charge in [-0.2, -0.15) is 0 Å². The van der Waals surface area contributed by atoms with Crippen LogP contribution < -0.4 is 5.32 Å². The van der Waals surface area contributed by atoms with Gasteiger partial charge in [0.1, 0.15) is 0 Å². The smallest absolute Gasteiger partial charge is 0.222 e. The summed E-state index contributed by atoms with van der Waals surface area (Å²) in [5.41, 5.74) is 0. The molecule has 0 spiro atoms. The molecule has 260 valence electrons. The molecule has 0 saturated carbocycles. The zero-order chi connectivity index (χ0) is 32.4. The lowest BCUT2D eigenvalue weighted by atomic mass is 10.0. The monoisotopic (exact) mass is 622 g/mol. The number of carbonyl (C=O) groups is 1. The standard InChI is InChI=1S/C39H75NO4/c1-3-5-7-9-11-13-15-17-18-19-20-21-22-24-26-28-30-32-36(42)34-39(44)40-37(35-41)38(43)33-31-29-27-25-23-16-14-12-10-8-6-4-2/h19-20,31,33,36-38,41-43H,3-18,21-30,32,34-35H2,1-2H3,(H,40,44)/b20-19-,33-31+. The van der Waals surface area contributed by atoms with Crippen LogP contribution in [0.1, 0.15) is 194 Å².